The highest BCUT2D eigenvalue weighted by Gasteiger charge is 2.23. The van der Waals surface area contributed by atoms with Gasteiger partial charge in [0.2, 0.25) is 5.91 Å². The van der Waals surface area contributed by atoms with Gasteiger partial charge in [-0.05, 0) is 29.2 Å². The normalized spacial score (nSPS) is 17.6. The molecule has 0 unspecified atom stereocenters. The van der Waals surface area contributed by atoms with Crippen molar-refractivity contribution in [2.75, 3.05) is 0 Å². The lowest BCUT2D eigenvalue weighted by molar-refractivity contribution is -0.123. The van der Waals surface area contributed by atoms with Gasteiger partial charge in [-0.3, -0.25) is 4.79 Å². The van der Waals surface area contributed by atoms with Crippen LogP contribution >= 0.6 is 0 Å². The SMILES string of the molecule is Cn1ccc(CNC(=O)[C@H]2Cc3ccccc3CN2)c1. The Kier molecular flexibility index (Phi) is 3.56. The Balaban J connectivity index is 1.59. The van der Waals surface area contributed by atoms with E-state index in [1.54, 1.807) is 0 Å². The molecule has 2 heterocycles. The zero-order valence-electron chi connectivity index (χ0n) is 11.6. The van der Waals surface area contributed by atoms with Gasteiger partial charge in [0.15, 0.2) is 0 Å². The van der Waals surface area contributed by atoms with Gasteiger partial charge in [0.25, 0.3) is 0 Å². The maximum atomic E-state index is 12.2. The fourth-order valence-corrected chi connectivity index (χ4v) is 2.62. The van der Waals surface area contributed by atoms with E-state index in [-0.39, 0.29) is 11.9 Å². The van der Waals surface area contributed by atoms with E-state index in [9.17, 15) is 4.79 Å². The third-order valence-corrected chi connectivity index (χ3v) is 3.76. The standard InChI is InChI=1S/C16H19N3O/c1-19-7-6-12(11-19)9-18-16(20)15-8-13-4-2-3-5-14(13)10-17-15/h2-7,11,15,17H,8-10H2,1H3,(H,18,20)/t15-/m1/s1. The fourth-order valence-electron chi connectivity index (χ4n) is 2.62. The van der Waals surface area contributed by atoms with Crippen LogP contribution in [0.4, 0.5) is 0 Å². The minimum Gasteiger partial charge on any atom is -0.357 e. The van der Waals surface area contributed by atoms with Crippen molar-refractivity contribution in [3.63, 3.8) is 0 Å². The summed E-state index contributed by atoms with van der Waals surface area (Å²) in [7, 11) is 1.98. The first-order valence-electron chi connectivity index (χ1n) is 6.91. The highest BCUT2D eigenvalue weighted by Crippen LogP contribution is 2.16. The van der Waals surface area contributed by atoms with Crippen LogP contribution in [0.15, 0.2) is 42.7 Å². The van der Waals surface area contributed by atoms with Gasteiger partial charge < -0.3 is 15.2 Å². The van der Waals surface area contributed by atoms with Crippen molar-refractivity contribution in [3.8, 4) is 0 Å². The van der Waals surface area contributed by atoms with Crippen LogP contribution in [-0.4, -0.2) is 16.5 Å². The van der Waals surface area contributed by atoms with Gasteiger partial charge in [-0.1, -0.05) is 24.3 Å². The van der Waals surface area contributed by atoms with Crippen LogP contribution in [-0.2, 0) is 31.4 Å². The van der Waals surface area contributed by atoms with Crippen LogP contribution in [0.3, 0.4) is 0 Å². The maximum Gasteiger partial charge on any atom is 0.237 e. The number of amides is 1. The minimum absolute atomic E-state index is 0.0726. The van der Waals surface area contributed by atoms with E-state index in [1.165, 1.54) is 11.1 Å². The molecule has 20 heavy (non-hydrogen) atoms. The number of fused-ring (bicyclic) bond motifs is 1. The molecule has 1 aliphatic rings. The average Bonchev–Trinajstić information content (AvgIpc) is 2.90. The molecule has 0 saturated carbocycles. The largest absolute Gasteiger partial charge is 0.357 e. The van der Waals surface area contributed by atoms with Gasteiger partial charge in [0.05, 0.1) is 6.04 Å². The Morgan fingerprint density at radius 1 is 1.35 bits per heavy atom. The van der Waals surface area contributed by atoms with Crippen LogP contribution in [0.2, 0.25) is 0 Å². The van der Waals surface area contributed by atoms with Crippen LogP contribution in [0.5, 0.6) is 0 Å². The monoisotopic (exact) mass is 269 g/mol. The molecule has 0 saturated heterocycles. The molecule has 1 amide bonds. The number of carbonyl (C=O) groups is 1. The Hall–Kier alpha value is -2.07. The topological polar surface area (TPSA) is 46.1 Å². The Bertz CT molecular complexity index is 618. The van der Waals surface area contributed by atoms with E-state index in [1.807, 2.05) is 42.2 Å². The van der Waals surface area contributed by atoms with Gasteiger partial charge in [-0.15, -0.1) is 0 Å². The van der Waals surface area contributed by atoms with Crippen molar-refractivity contribution in [2.45, 2.75) is 25.6 Å². The summed E-state index contributed by atoms with van der Waals surface area (Å²) in [6.07, 6.45) is 4.76. The summed E-state index contributed by atoms with van der Waals surface area (Å²) in [5.74, 6) is 0.0726. The third-order valence-electron chi connectivity index (χ3n) is 3.76. The third kappa shape index (κ3) is 2.75. The zero-order valence-corrected chi connectivity index (χ0v) is 11.6. The second-order valence-corrected chi connectivity index (χ2v) is 5.31. The van der Waals surface area contributed by atoms with E-state index >= 15 is 0 Å². The highest BCUT2D eigenvalue weighted by molar-refractivity contribution is 5.82. The van der Waals surface area contributed by atoms with Crippen molar-refractivity contribution >= 4 is 5.91 Å². The Morgan fingerprint density at radius 2 is 2.15 bits per heavy atom. The molecular formula is C16H19N3O. The van der Waals surface area contributed by atoms with Gasteiger partial charge in [-0.2, -0.15) is 0 Å². The second-order valence-electron chi connectivity index (χ2n) is 5.31. The van der Waals surface area contributed by atoms with Crippen LogP contribution in [0.1, 0.15) is 16.7 Å². The van der Waals surface area contributed by atoms with Gasteiger partial charge in [-0.25, -0.2) is 0 Å². The molecule has 0 bridgehead atoms. The lowest BCUT2D eigenvalue weighted by atomic mass is 9.95. The molecule has 0 radical (unpaired) electrons. The number of rotatable bonds is 3. The first-order valence-corrected chi connectivity index (χ1v) is 6.91. The lowest BCUT2D eigenvalue weighted by Crippen LogP contribution is -2.47. The quantitative estimate of drug-likeness (QED) is 0.883. The predicted octanol–water partition coefficient (Wildman–Crippen LogP) is 1.36. The number of aromatic nitrogens is 1. The van der Waals surface area contributed by atoms with Crippen LogP contribution < -0.4 is 10.6 Å². The number of carbonyl (C=O) groups excluding carboxylic acids is 1. The molecule has 4 nitrogen and oxygen atoms in total. The first-order chi connectivity index (χ1) is 9.72. The van der Waals surface area contributed by atoms with Crippen LogP contribution in [0.25, 0.3) is 0 Å². The number of hydrogen-bond donors (Lipinski definition) is 2. The molecule has 1 atom stereocenters. The molecule has 1 aromatic carbocycles. The predicted molar refractivity (Wildman–Crippen MR) is 78.0 cm³/mol. The molecule has 2 N–H and O–H groups in total. The number of benzene rings is 1. The number of aryl methyl sites for hydroxylation is 1. The summed E-state index contributed by atoms with van der Waals surface area (Å²) < 4.78 is 1.98. The summed E-state index contributed by atoms with van der Waals surface area (Å²) in [4.78, 5) is 12.2. The van der Waals surface area contributed by atoms with Crippen molar-refractivity contribution < 1.29 is 4.79 Å². The molecule has 104 valence electrons. The number of nitrogens with zero attached hydrogens (tertiary/aromatic N) is 1. The van der Waals surface area contributed by atoms with E-state index in [2.05, 4.69) is 22.8 Å². The van der Waals surface area contributed by atoms with Crippen molar-refractivity contribution in [3.05, 3.63) is 59.4 Å². The highest BCUT2D eigenvalue weighted by atomic mass is 16.2. The first kappa shape index (κ1) is 12.9. The molecule has 0 aliphatic carbocycles. The van der Waals surface area contributed by atoms with Crippen molar-refractivity contribution in [2.24, 2.45) is 7.05 Å². The van der Waals surface area contributed by atoms with E-state index in [4.69, 9.17) is 0 Å². The van der Waals surface area contributed by atoms with Gasteiger partial charge in [0, 0.05) is 32.5 Å². The smallest absolute Gasteiger partial charge is 0.237 e. The molecule has 1 aliphatic heterocycles. The molecule has 4 heteroatoms. The lowest BCUT2D eigenvalue weighted by Gasteiger charge is -2.25. The summed E-state index contributed by atoms with van der Waals surface area (Å²) >= 11 is 0. The summed E-state index contributed by atoms with van der Waals surface area (Å²) in [6, 6.07) is 10.2. The Morgan fingerprint density at radius 3 is 2.90 bits per heavy atom. The summed E-state index contributed by atoms with van der Waals surface area (Å²) in [6.45, 7) is 1.35. The van der Waals surface area contributed by atoms with E-state index in [0.29, 0.717) is 6.54 Å². The molecule has 2 aromatic rings. The average molecular weight is 269 g/mol. The van der Waals surface area contributed by atoms with Gasteiger partial charge >= 0.3 is 0 Å². The Labute approximate surface area is 118 Å². The van der Waals surface area contributed by atoms with Gasteiger partial charge in [0.1, 0.15) is 0 Å². The van der Waals surface area contributed by atoms with Crippen molar-refractivity contribution in [1.82, 2.24) is 15.2 Å². The summed E-state index contributed by atoms with van der Waals surface area (Å²) in [5.41, 5.74) is 3.68. The molecule has 0 fully saturated rings. The zero-order chi connectivity index (χ0) is 13.9. The summed E-state index contributed by atoms with van der Waals surface area (Å²) in [5, 5.41) is 6.30. The van der Waals surface area contributed by atoms with E-state index < -0.39 is 0 Å². The molecule has 1 aromatic heterocycles. The minimum atomic E-state index is -0.131. The van der Waals surface area contributed by atoms with Crippen LogP contribution in [0, 0.1) is 0 Å². The fraction of sp³-hybridized carbons (Fsp3) is 0.312. The number of hydrogen-bond acceptors (Lipinski definition) is 2. The molecule has 3 rings (SSSR count). The van der Waals surface area contributed by atoms with Crippen molar-refractivity contribution in [1.29, 1.82) is 0 Å². The second kappa shape index (κ2) is 5.51. The molecule has 0 spiro atoms. The number of nitrogens with one attached hydrogen (secondary N) is 2. The molecular weight excluding hydrogens is 250 g/mol. The van der Waals surface area contributed by atoms with E-state index in [0.717, 1.165) is 18.5 Å². The maximum absolute atomic E-state index is 12.2.